The zero-order chi connectivity index (χ0) is 20.2. The van der Waals surface area contributed by atoms with E-state index >= 15 is 0 Å². The van der Waals surface area contributed by atoms with Gasteiger partial charge in [-0.25, -0.2) is 4.79 Å². The molecule has 0 heterocycles. The third-order valence-corrected chi connectivity index (χ3v) is 4.12. The van der Waals surface area contributed by atoms with Crippen molar-refractivity contribution in [2.24, 2.45) is 0 Å². The number of amides is 2. The van der Waals surface area contributed by atoms with Crippen LogP contribution in [0.25, 0.3) is 0 Å². The van der Waals surface area contributed by atoms with E-state index in [1.54, 1.807) is 38.1 Å². The molecule has 0 aliphatic rings. The standard InChI is InChI=1S/C18H17Cl2F3N2O2/c1-17(2,25-16(26)24-12-6-4-3-5-7-12)11-8-13(19)15(14(20)9-11)27-10-18(21,22)23/h3-9H,10H2,1-2H3,(H2,24,25,26). The predicted molar refractivity (Wildman–Crippen MR) is 99.6 cm³/mol. The minimum Gasteiger partial charge on any atom is -0.481 e. The summed E-state index contributed by atoms with van der Waals surface area (Å²) in [5.74, 6) is -0.260. The first-order valence-electron chi connectivity index (χ1n) is 7.81. The lowest BCUT2D eigenvalue weighted by Crippen LogP contribution is -2.43. The fourth-order valence-corrected chi connectivity index (χ4v) is 2.85. The number of nitrogens with one attached hydrogen (secondary N) is 2. The van der Waals surface area contributed by atoms with Gasteiger partial charge in [-0.05, 0) is 43.7 Å². The Hall–Kier alpha value is -2.12. The summed E-state index contributed by atoms with van der Waals surface area (Å²) in [7, 11) is 0. The van der Waals surface area contributed by atoms with Gasteiger partial charge >= 0.3 is 12.2 Å². The second-order valence-corrected chi connectivity index (χ2v) is 7.06. The van der Waals surface area contributed by atoms with E-state index in [2.05, 4.69) is 15.4 Å². The number of hydrogen-bond donors (Lipinski definition) is 2. The molecule has 27 heavy (non-hydrogen) atoms. The van der Waals surface area contributed by atoms with Crippen LogP contribution in [0.3, 0.4) is 0 Å². The molecular formula is C18H17Cl2F3N2O2. The van der Waals surface area contributed by atoms with Gasteiger partial charge in [0.15, 0.2) is 12.4 Å². The minimum absolute atomic E-state index is 0.0832. The molecule has 0 bridgehead atoms. The topological polar surface area (TPSA) is 50.4 Å². The Morgan fingerprint density at radius 3 is 2.15 bits per heavy atom. The number of hydrogen-bond acceptors (Lipinski definition) is 2. The van der Waals surface area contributed by atoms with Gasteiger partial charge in [-0.1, -0.05) is 41.4 Å². The van der Waals surface area contributed by atoms with E-state index in [9.17, 15) is 18.0 Å². The van der Waals surface area contributed by atoms with Crippen molar-refractivity contribution in [3.8, 4) is 5.75 Å². The largest absolute Gasteiger partial charge is 0.481 e. The highest BCUT2D eigenvalue weighted by Crippen LogP contribution is 2.38. The summed E-state index contributed by atoms with van der Waals surface area (Å²) in [4.78, 5) is 12.2. The van der Waals surface area contributed by atoms with Crippen molar-refractivity contribution in [3.05, 3.63) is 58.1 Å². The Morgan fingerprint density at radius 1 is 1.07 bits per heavy atom. The van der Waals surface area contributed by atoms with Crippen LogP contribution in [0, 0.1) is 0 Å². The molecule has 0 aliphatic carbocycles. The van der Waals surface area contributed by atoms with Crippen LogP contribution in [0.5, 0.6) is 5.75 Å². The number of halogens is 5. The van der Waals surface area contributed by atoms with Gasteiger partial charge in [-0.3, -0.25) is 0 Å². The molecule has 2 aromatic rings. The molecule has 2 amide bonds. The van der Waals surface area contributed by atoms with E-state index in [-0.39, 0.29) is 15.8 Å². The number of carbonyl (C=O) groups is 1. The zero-order valence-corrected chi connectivity index (χ0v) is 16.0. The van der Waals surface area contributed by atoms with E-state index in [0.717, 1.165) is 0 Å². The lowest BCUT2D eigenvalue weighted by atomic mass is 9.94. The second kappa shape index (κ2) is 8.27. The van der Waals surface area contributed by atoms with Crippen molar-refractivity contribution in [2.75, 3.05) is 11.9 Å². The first-order valence-corrected chi connectivity index (χ1v) is 8.57. The SMILES string of the molecule is CC(C)(NC(=O)Nc1ccccc1)c1cc(Cl)c(OCC(F)(F)F)c(Cl)c1. The molecule has 0 aliphatic heterocycles. The molecule has 0 unspecified atom stereocenters. The number of urea groups is 1. The van der Waals surface area contributed by atoms with Gasteiger partial charge in [0.05, 0.1) is 15.6 Å². The summed E-state index contributed by atoms with van der Waals surface area (Å²) in [6.45, 7) is 1.90. The van der Waals surface area contributed by atoms with Crippen LogP contribution in [0.15, 0.2) is 42.5 Å². The number of alkyl halides is 3. The maximum atomic E-state index is 12.3. The highest BCUT2D eigenvalue weighted by atomic mass is 35.5. The Bertz CT molecular complexity index is 789. The molecule has 9 heteroatoms. The number of para-hydroxylation sites is 1. The Balaban J connectivity index is 2.14. The van der Waals surface area contributed by atoms with E-state index in [1.807, 2.05) is 6.07 Å². The van der Waals surface area contributed by atoms with E-state index in [0.29, 0.717) is 11.3 Å². The quantitative estimate of drug-likeness (QED) is 0.623. The minimum atomic E-state index is -4.51. The van der Waals surface area contributed by atoms with Gasteiger partial charge < -0.3 is 15.4 Å². The second-order valence-electron chi connectivity index (χ2n) is 6.24. The Morgan fingerprint density at radius 2 is 1.63 bits per heavy atom. The molecule has 2 N–H and O–H groups in total. The Kier molecular flexibility index (Phi) is 6.49. The third-order valence-electron chi connectivity index (χ3n) is 3.56. The van der Waals surface area contributed by atoms with Crippen LogP contribution in [0.1, 0.15) is 19.4 Å². The molecule has 4 nitrogen and oxygen atoms in total. The van der Waals surface area contributed by atoms with Crippen LogP contribution in [-0.2, 0) is 5.54 Å². The van der Waals surface area contributed by atoms with Crippen molar-refractivity contribution in [2.45, 2.75) is 25.6 Å². The molecule has 0 aromatic heterocycles. The highest BCUT2D eigenvalue weighted by molar-refractivity contribution is 6.37. The van der Waals surface area contributed by atoms with E-state index in [1.165, 1.54) is 12.1 Å². The fourth-order valence-electron chi connectivity index (χ4n) is 2.25. The number of benzene rings is 2. The number of rotatable bonds is 5. The van der Waals surface area contributed by atoms with E-state index in [4.69, 9.17) is 23.2 Å². The van der Waals surface area contributed by atoms with Gasteiger partial charge in [0, 0.05) is 5.69 Å². The summed E-state index contributed by atoms with van der Waals surface area (Å²) in [5, 5.41) is 5.28. The lowest BCUT2D eigenvalue weighted by molar-refractivity contribution is -0.153. The number of anilines is 1. The molecule has 0 saturated carbocycles. The van der Waals surface area contributed by atoms with Crippen LogP contribution in [-0.4, -0.2) is 18.8 Å². The fraction of sp³-hybridized carbons (Fsp3) is 0.278. The highest BCUT2D eigenvalue weighted by Gasteiger charge is 2.30. The molecule has 0 radical (unpaired) electrons. The summed E-state index contributed by atoms with van der Waals surface area (Å²) in [6, 6.07) is 11.2. The molecule has 0 atom stereocenters. The summed E-state index contributed by atoms with van der Waals surface area (Å²) in [5.41, 5.74) is 0.201. The van der Waals surface area contributed by atoms with Crippen molar-refractivity contribution >= 4 is 34.9 Å². The van der Waals surface area contributed by atoms with Crippen LogP contribution in [0.4, 0.5) is 23.7 Å². The first kappa shape index (κ1) is 21.2. The van der Waals surface area contributed by atoms with Crippen molar-refractivity contribution in [1.82, 2.24) is 5.32 Å². The summed E-state index contributed by atoms with van der Waals surface area (Å²) < 4.78 is 41.7. The average molecular weight is 421 g/mol. The molecular weight excluding hydrogens is 404 g/mol. The maximum absolute atomic E-state index is 12.3. The molecule has 2 rings (SSSR count). The van der Waals surface area contributed by atoms with Crippen LogP contribution >= 0.6 is 23.2 Å². The van der Waals surface area contributed by atoms with Crippen LogP contribution in [0.2, 0.25) is 10.0 Å². The average Bonchev–Trinajstić information content (AvgIpc) is 2.53. The van der Waals surface area contributed by atoms with Gasteiger partial charge in [0.1, 0.15) is 0 Å². The van der Waals surface area contributed by atoms with Crippen molar-refractivity contribution in [3.63, 3.8) is 0 Å². The van der Waals surface area contributed by atoms with Gasteiger partial charge in [-0.2, -0.15) is 13.2 Å². The smallest absolute Gasteiger partial charge is 0.422 e. The molecule has 0 spiro atoms. The normalized spacial score (nSPS) is 11.8. The molecule has 0 fully saturated rings. The van der Waals surface area contributed by atoms with Gasteiger partial charge in [-0.15, -0.1) is 0 Å². The maximum Gasteiger partial charge on any atom is 0.422 e. The predicted octanol–water partition coefficient (Wildman–Crippen LogP) is 5.99. The van der Waals surface area contributed by atoms with E-state index < -0.39 is 24.4 Å². The lowest BCUT2D eigenvalue weighted by Gasteiger charge is -2.28. The Labute approximate surface area is 164 Å². The zero-order valence-electron chi connectivity index (χ0n) is 14.5. The summed E-state index contributed by atoms with van der Waals surface area (Å²) >= 11 is 12.1. The first-order chi connectivity index (χ1) is 12.5. The molecule has 146 valence electrons. The van der Waals surface area contributed by atoms with Gasteiger partial charge in [0.2, 0.25) is 0 Å². The number of ether oxygens (including phenoxy) is 1. The third kappa shape index (κ3) is 6.22. The van der Waals surface area contributed by atoms with Crippen molar-refractivity contribution in [1.29, 1.82) is 0 Å². The molecule has 0 saturated heterocycles. The summed E-state index contributed by atoms with van der Waals surface area (Å²) in [6.07, 6.45) is -4.51. The molecule has 2 aromatic carbocycles. The van der Waals surface area contributed by atoms with Gasteiger partial charge in [0.25, 0.3) is 0 Å². The monoisotopic (exact) mass is 420 g/mol. The van der Waals surface area contributed by atoms with Crippen LogP contribution < -0.4 is 15.4 Å². The van der Waals surface area contributed by atoms with Crippen molar-refractivity contribution < 1.29 is 22.7 Å². The number of carbonyl (C=O) groups excluding carboxylic acids is 1.